The van der Waals surface area contributed by atoms with Gasteiger partial charge in [0.1, 0.15) is 0 Å². The van der Waals surface area contributed by atoms with Gasteiger partial charge in [0.2, 0.25) is 0 Å². The zero-order valence-electron chi connectivity index (χ0n) is 11.5. The molecule has 0 aliphatic rings. The quantitative estimate of drug-likeness (QED) is 0.233. The molecule has 18 heavy (non-hydrogen) atoms. The molecule has 0 saturated heterocycles. The Labute approximate surface area is 110 Å². The first kappa shape index (κ1) is 17.7. The molecule has 2 N–H and O–H groups in total. The summed E-state index contributed by atoms with van der Waals surface area (Å²) < 4.78 is 20.9. The molecule has 0 spiro atoms. The van der Waals surface area contributed by atoms with Gasteiger partial charge in [0.25, 0.3) is 0 Å². The molecule has 0 aromatic rings. The van der Waals surface area contributed by atoms with Gasteiger partial charge in [0.05, 0.1) is 6.61 Å². The molecule has 0 heterocycles. The van der Waals surface area contributed by atoms with E-state index in [1.54, 1.807) is 27.4 Å². The lowest BCUT2D eigenvalue weighted by Gasteiger charge is -2.24. The van der Waals surface area contributed by atoms with E-state index in [0.29, 0.717) is 13.2 Å². The van der Waals surface area contributed by atoms with Crippen molar-refractivity contribution in [3.05, 3.63) is 12.7 Å². The van der Waals surface area contributed by atoms with Gasteiger partial charge >= 0.3 is 8.80 Å². The first-order valence-electron chi connectivity index (χ1n) is 5.91. The molecule has 1 unspecified atom stereocenters. The van der Waals surface area contributed by atoms with Crippen LogP contribution in [-0.2, 0) is 18.0 Å². The minimum absolute atomic E-state index is 0.343. The van der Waals surface area contributed by atoms with E-state index in [1.165, 1.54) is 0 Å². The second kappa shape index (κ2) is 10.6. The Morgan fingerprint density at radius 1 is 1.28 bits per heavy atom. The van der Waals surface area contributed by atoms with Crippen LogP contribution in [0.3, 0.4) is 0 Å². The molecular weight excluding hydrogens is 254 g/mol. The molecule has 0 radical (unpaired) electrons. The summed E-state index contributed by atoms with van der Waals surface area (Å²) in [5, 5.41) is 12.5. The molecule has 0 aliphatic heterocycles. The summed E-state index contributed by atoms with van der Waals surface area (Å²) in [6, 6.07) is 0.729. The highest BCUT2D eigenvalue weighted by molar-refractivity contribution is 6.60. The third kappa shape index (κ3) is 7.22. The largest absolute Gasteiger partial charge is 0.500 e. The second-order valence-corrected chi connectivity index (χ2v) is 6.77. The van der Waals surface area contributed by atoms with Crippen molar-refractivity contribution >= 4 is 8.80 Å². The predicted molar refractivity (Wildman–Crippen MR) is 71.2 cm³/mol. The smallest absolute Gasteiger partial charge is 0.377 e. The van der Waals surface area contributed by atoms with Gasteiger partial charge in [-0.15, -0.1) is 6.58 Å². The van der Waals surface area contributed by atoms with Crippen LogP contribution in [-0.4, -0.2) is 61.2 Å². The lowest BCUT2D eigenvalue weighted by atomic mass is 10.4. The van der Waals surface area contributed by atoms with E-state index in [9.17, 15) is 5.11 Å². The van der Waals surface area contributed by atoms with E-state index in [-0.39, 0.29) is 0 Å². The molecule has 7 heteroatoms. The van der Waals surface area contributed by atoms with Crippen molar-refractivity contribution < 1.29 is 23.1 Å². The van der Waals surface area contributed by atoms with E-state index >= 15 is 0 Å². The maximum atomic E-state index is 9.38. The van der Waals surface area contributed by atoms with Crippen molar-refractivity contribution in [1.82, 2.24) is 5.32 Å². The Bertz CT molecular complexity index is 205. The fraction of sp³-hybridized carbons (Fsp3) is 0.818. The monoisotopic (exact) mass is 279 g/mol. The molecule has 0 amide bonds. The minimum atomic E-state index is -2.46. The number of rotatable bonds is 12. The molecule has 6 nitrogen and oxygen atoms in total. The fourth-order valence-corrected chi connectivity index (χ4v) is 3.17. The van der Waals surface area contributed by atoms with Crippen LogP contribution in [0.15, 0.2) is 12.7 Å². The highest BCUT2D eigenvalue weighted by Gasteiger charge is 2.36. The number of aliphatic hydroxyl groups is 1. The Kier molecular flexibility index (Phi) is 10.5. The van der Waals surface area contributed by atoms with Gasteiger partial charge in [-0.25, -0.2) is 0 Å². The van der Waals surface area contributed by atoms with Gasteiger partial charge < -0.3 is 28.4 Å². The number of hydrogen-bond donors (Lipinski definition) is 2. The lowest BCUT2D eigenvalue weighted by Crippen LogP contribution is -2.43. The zero-order valence-corrected chi connectivity index (χ0v) is 12.5. The first-order chi connectivity index (χ1) is 8.64. The van der Waals surface area contributed by atoms with Crippen LogP contribution in [0.1, 0.15) is 6.42 Å². The molecule has 0 aliphatic carbocycles. The van der Waals surface area contributed by atoms with Crippen molar-refractivity contribution in [2.45, 2.75) is 18.8 Å². The average Bonchev–Trinajstić information content (AvgIpc) is 2.41. The van der Waals surface area contributed by atoms with E-state index in [4.69, 9.17) is 18.0 Å². The molecule has 0 bridgehead atoms. The number of aliphatic hydroxyl groups excluding tert-OH is 1. The summed E-state index contributed by atoms with van der Waals surface area (Å²) in [7, 11) is 2.33. The van der Waals surface area contributed by atoms with Crippen LogP contribution in [0.5, 0.6) is 0 Å². The summed E-state index contributed by atoms with van der Waals surface area (Å²) in [6.07, 6.45) is 1.63. The van der Waals surface area contributed by atoms with Gasteiger partial charge in [0, 0.05) is 33.9 Å². The molecule has 0 saturated carbocycles. The summed E-state index contributed by atoms with van der Waals surface area (Å²) in [6.45, 7) is 4.97. The van der Waals surface area contributed by atoms with Crippen LogP contribution >= 0.6 is 0 Å². The Hall–Kier alpha value is -0.283. The van der Waals surface area contributed by atoms with Crippen molar-refractivity contribution in [2.24, 2.45) is 0 Å². The fourth-order valence-electron chi connectivity index (χ4n) is 1.45. The van der Waals surface area contributed by atoms with Gasteiger partial charge in [-0.2, -0.15) is 0 Å². The summed E-state index contributed by atoms with van der Waals surface area (Å²) in [5.74, 6) is 0. The maximum Gasteiger partial charge on any atom is 0.500 e. The van der Waals surface area contributed by atoms with Gasteiger partial charge in [0.15, 0.2) is 6.29 Å². The third-order valence-electron chi connectivity index (χ3n) is 2.49. The SMILES string of the molecule is C=CCOC(O)CNCCC[Si](OC)(OC)OC. The molecule has 1 atom stereocenters. The maximum absolute atomic E-state index is 9.38. The van der Waals surface area contributed by atoms with Crippen molar-refractivity contribution in [2.75, 3.05) is 41.0 Å². The summed E-state index contributed by atoms with van der Waals surface area (Å²) in [4.78, 5) is 0. The Morgan fingerprint density at radius 3 is 2.39 bits per heavy atom. The number of nitrogens with one attached hydrogen (secondary N) is 1. The normalized spacial score (nSPS) is 13.6. The van der Waals surface area contributed by atoms with Gasteiger partial charge in [-0.1, -0.05) is 6.08 Å². The third-order valence-corrected chi connectivity index (χ3v) is 5.33. The Balaban J connectivity index is 3.63. The average molecular weight is 279 g/mol. The molecular formula is C11H25NO5Si. The standard InChI is InChI=1S/C11H25NO5Si/c1-5-8-17-11(13)10-12-7-6-9-18(14-2,15-3)16-4/h5,11-13H,1,6-10H2,2-4H3. The van der Waals surface area contributed by atoms with Crippen LogP contribution < -0.4 is 5.32 Å². The minimum Gasteiger partial charge on any atom is -0.377 e. The van der Waals surface area contributed by atoms with E-state index in [2.05, 4.69) is 11.9 Å². The van der Waals surface area contributed by atoms with Crippen LogP contribution in [0.25, 0.3) is 0 Å². The lowest BCUT2D eigenvalue weighted by molar-refractivity contribution is -0.0854. The highest BCUT2D eigenvalue weighted by atomic mass is 28.4. The molecule has 108 valence electrons. The van der Waals surface area contributed by atoms with Crippen molar-refractivity contribution in [1.29, 1.82) is 0 Å². The summed E-state index contributed by atoms with van der Waals surface area (Å²) in [5.41, 5.74) is 0. The van der Waals surface area contributed by atoms with Crippen LogP contribution in [0.2, 0.25) is 6.04 Å². The van der Waals surface area contributed by atoms with E-state index in [1.807, 2.05) is 0 Å². The highest BCUT2D eigenvalue weighted by Crippen LogP contribution is 2.14. The molecule has 0 rings (SSSR count). The second-order valence-electron chi connectivity index (χ2n) is 3.68. The number of ether oxygens (including phenoxy) is 1. The molecule has 0 aromatic carbocycles. The topological polar surface area (TPSA) is 69.2 Å². The van der Waals surface area contributed by atoms with Crippen LogP contribution in [0.4, 0.5) is 0 Å². The van der Waals surface area contributed by atoms with Gasteiger partial charge in [-0.3, -0.25) is 0 Å². The van der Waals surface area contributed by atoms with E-state index in [0.717, 1.165) is 19.0 Å². The predicted octanol–water partition coefficient (Wildman–Crippen LogP) is 0.365. The van der Waals surface area contributed by atoms with Crippen molar-refractivity contribution in [3.63, 3.8) is 0 Å². The number of hydrogen-bond acceptors (Lipinski definition) is 6. The first-order valence-corrected chi connectivity index (χ1v) is 7.84. The molecule has 0 aromatic heterocycles. The van der Waals surface area contributed by atoms with Crippen LogP contribution in [0, 0.1) is 0 Å². The molecule has 0 fully saturated rings. The Morgan fingerprint density at radius 2 is 1.89 bits per heavy atom. The van der Waals surface area contributed by atoms with Gasteiger partial charge in [-0.05, 0) is 13.0 Å². The van der Waals surface area contributed by atoms with E-state index < -0.39 is 15.1 Å². The van der Waals surface area contributed by atoms with Crippen molar-refractivity contribution in [3.8, 4) is 0 Å². The summed E-state index contributed by atoms with van der Waals surface area (Å²) >= 11 is 0. The zero-order chi connectivity index (χ0) is 13.9.